The number of carbonyl (C=O) groups is 1. The number of aromatic amines is 1. The van der Waals surface area contributed by atoms with Gasteiger partial charge < -0.3 is 14.5 Å². The first-order chi connectivity index (χ1) is 12.3. The third-order valence-corrected chi connectivity index (χ3v) is 6.23. The number of nitrogens with zero attached hydrogens (tertiary/aromatic N) is 4. The Hall–Kier alpha value is -2.46. The van der Waals surface area contributed by atoms with E-state index in [0.717, 1.165) is 0 Å². The van der Waals surface area contributed by atoms with Gasteiger partial charge in [0.05, 0.1) is 5.56 Å². The van der Waals surface area contributed by atoms with Crippen molar-refractivity contribution in [1.29, 1.82) is 0 Å². The Balaban J connectivity index is 1.74. The number of rotatable bonds is 3. The van der Waals surface area contributed by atoms with Crippen LogP contribution in [0.15, 0.2) is 34.3 Å². The summed E-state index contributed by atoms with van der Waals surface area (Å²) in [5, 5.41) is 0.0258. The topological polar surface area (TPSA) is 108 Å². The number of nitrogens with one attached hydrogen (secondary N) is 1. The molecule has 10 heteroatoms. The highest BCUT2D eigenvalue weighted by atomic mass is 32.2. The molecule has 0 unspecified atom stereocenters. The molecule has 2 aromatic rings. The molecule has 1 amide bonds. The Bertz CT molecular complexity index is 939. The van der Waals surface area contributed by atoms with Crippen molar-refractivity contribution in [1.82, 2.24) is 23.7 Å². The summed E-state index contributed by atoms with van der Waals surface area (Å²) in [6, 6.07) is 2.77. The monoisotopic (exact) mass is 379 g/mol. The number of imidazole rings is 1. The molecule has 3 rings (SSSR count). The minimum absolute atomic E-state index is 0.0258. The number of amides is 1. The quantitative estimate of drug-likeness (QED) is 0.805. The Labute approximate surface area is 151 Å². The highest BCUT2D eigenvalue weighted by molar-refractivity contribution is 7.89. The zero-order chi connectivity index (χ0) is 18.9. The van der Waals surface area contributed by atoms with Gasteiger partial charge in [-0.3, -0.25) is 9.59 Å². The van der Waals surface area contributed by atoms with Gasteiger partial charge in [0, 0.05) is 51.7 Å². The van der Waals surface area contributed by atoms with Crippen molar-refractivity contribution in [3.05, 3.63) is 46.3 Å². The maximum Gasteiger partial charge on any atom is 0.262 e. The van der Waals surface area contributed by atoms with Crippen LogP contribution in [0.1, 0.15) is 22.6 Å². The lowest BCUT2D eigenvalue weighted by Crippen LogP contribution is -2.37. The highest BCUT2D eigenvalue weighted by Gasteiger charge is 2.30. The third kappa shape index (κ3) is 3.56. The number of carbonyl (C=O) groups excluding carboxylic acids is 1. The number of aromatic nitrogens is 3. The molecule has 1 aliphatic heterocycles. The van der Waals surface area contributed by atoms with Crippen LogP contribution in [-0.2, 0) is 17.1 Å². The molecule has 26 heavy (non-hydrogen) atoms. The normalized spacial score (nSPS) is 16.5. The van der Waals surface area contributed by atoms with E-state index >= 15 is 0 Å². The van der Waals surface area contributed by atoms with Crippen molar-refractivity contribution in [3.8, 4) is 0 Å². The van der Waals surface area contributed by atoms with E-state index in [9.17, 15) is 18.0 Å². The first kappa shape index (κ1) is 18.3. The number of hydrogen-bond donors (Lipinski definition) is 1. The van der Waals surface area contributed by atoms with Crippen molar-refractivity contribution in [2.75, 3.05) is 26.2 Å². The second kappa shape index (κ2) is 7.04. The van der Waals surface area contributed by atoms with Crippen LogP contribution in [-0.4, -0.2) is 64.2 Å². The Morgan fingerprint density at radius 2 is 1.96 bits per heavy atom. The predicted octanol–water partition coefficient (Wildman–Crippen LogP) is -0.0464. The minimum Gasteiger partial charge on any atom is -0.337 e. The summed E-state index contributed by atoms with van der Waals surface area (Å²) in [4.78, 5) is 31.9. The first-order valence-electron chi connectivity index (χ1n) is 8.27. The van der Waals surface area contributed by atoms with Crippen LogP contribution in [0, 0.1) is 6.92 Å². The maximum atomic E-state index is 12.8. The average Bonchev–Trinajstić information content (AvgIpc) is 2.82. The molecule has 9 nitrogen and oxygen atoms in total. The van der Waals surface area contributed by atoms with Crippen LogP contribution >= 0.6 is 0 Å². The largest absolute Gasteiger partial charge is 0.337 e. The van der Waals surface area contributed by atoms with Gasteiger partial charge in [-0.15, -0.1) is 0 Å². The predicted molar refractivity (Wildman–Crippen MR) is 94.3 cm³/mol. The summed E-state index contributed by atoms with van der Waals surface area (Å²) >= 11 is 0. The number of hydrogen-bond acceptors (Lipinski definition) is 5. The molecule has 1 aliphatic rings. The van der Waals surface area contributed by atoms with Crippen LogP contribution in [0.25, 0.3) is 0 Å². The Kier molecular flexibility index (Phi) is 4.97. The van der Waals surface area contributed by atoms with Crippen LogP contribution in [0.5, 0.6) is 0 Å². The fourth-order valence-electron chi connectivity index (χ4n) is 2.85. The maximum absolute atomic E-state index is 12.8. The number of aryl methyl sites for hydroxylation is 2. The lowest BCUT2D eigenvalue weighted by molar-refractivity contribution is 0.0764. The smallest absolute Gasteiger partial charge is 0.262 e. The molecule has 1 saturated heterocycles. The van der Waals surface area contributed by atoms with E-state index in [4.69, 9.17) is 0 Å². The number of sulfonamides is 1. The van der Waals surface area contributed by atoms with Gasteiger partial charge in [-0.2, -0.15) is 4.31 Å². The van der Waals surface area contributed by atoms with Gasteiger partial charge in [-0.05, 0) is 19.4 Å². The van der Waals surface area contributed by atoms with Gasteiger partial charge in [0.25, 0.3) is 15.9 Å². The fraction of sp³-hybridized carbons (Fsp3) is 0.438. The lowest BCUT2D eigenvalue weighted by Gasteiger charge is -2.21. The highest BCUT2D eigenvalue weighted by Crippen LogP contribution is 2.17. The molecule has 0 atom stereocenters. The second-order valence-electron chi connectivity index (χ2n) is 6.23. The fourth-order valence-corrected chi connectivity index (χ4v) is 4.34. The molecule has 1 fully saturated rings. The third-order valence-electron chi connectivity index (χ3n) is 4.46. The van der Waals surface area contributed by atoms with Crippen molar-refractivity contribution in [2.24, 2.45) is 7.05 Å². The second-order valence-corrected chi connectivity index (χ2v) is 8.11. The van der Waals surface area contributed by atoms with Crippen molar-refractivity contribution in [3.63, 3.8) is 0 Å². The molecule has 0 spiro atoms. The van der Waals surface area contributed by atoms with Gasteiger partial charge in [-0.1, -0.05) is 0 Å². The lowest BCUT2D eigenvalue weighted by atomic mass is 10.2. The Morgan fingerprint density at radius 1 is 1.19 bits per heavy atom. The van der Waals surface area contributed by atoms with Crippen molar-refractivity contribution >= 4 is 15.9 Å². The summed E-state index contributed by atoms with van der Waals surface area (Å²) in [6.07, 6.45) is 3.40. The average molecular weight is 379 g/mol. The van der Waals surface area contributed by atoms with Crippen LogP contribution < -0.4 is 5.56 Å². The van der Waals surface area contributed by atoms with E-state index in [0.29, 0.717) is 30.9 Å². The van der Waals surface area contributed by atoms with Crippen LogP contribution in [0.4, 0.5) is 0 Å². The Morgan fingerprint density at radius 3 is 2.58 bits per heavy atom. The molecule has 0 radical (unpaired) electrons. The van der Waals surface area contributed by atoms with Crippen molar-refractivity contribution in [2.45, 2.75) is 18.4 Å². The molecule has 2 aromatic heterocycles. The van der Waals surface area contributed by atoms with E-state index < -0.39 is 10.0 Å². The van der Waals surface area contributed by atoms with Gasteiger partial charge in [0.1, 0.15) is 5.82 Å². The van der Waals surface area contributed by atoms with Gasteiger partial charge in [-0.25, -0.2) is 13.4 Å². The van der Waals surface area contributed by atoms with E-state index in [1.165, 1.54) is 28.8 Å². The zero-order valence-electron chi connectivity index (χ0n) is 14.7. The summed E-state index contributed by atoms with van der Waals surface area (Å²) < 4.78 is 28.6. The molecule has 0 aliphatic carbocycles. The standard InChI is InChI=1S/C16H21N5O4S/c1-12-18-15(11-19(12)2)26(24,25)21-7-3-6-20(8-9-21)16(23)13-4-5-14(22)17-10-13/h4-5,10-11H,3,6-9H2,1-2H3,(H,17,22). The van der Waals surface area contributed by atoms with E-state index in [1.54, 1.807) is 23.4 Å². The van der Waals surface area contributed by atoms with E-state index in [1.807, 2.05) is 0 Å². The number of pyridine rings is 1. The molecule has 140 valence electrons. The summed E-state index contributed by atoms with van der Waals surface area (Å²) in [6.45, 7) is 3.00. The molecular weight excluding hydrogens is 358 g/mol. The molecule has 0 aromatic carbocycles. The SMILES string of the molecule is Cc1nc(S(=O)(=O)N2CCCN(C(=O)c3ccc(=O)[nH]c3)CC2)cn1C. The zero-order valence-corrected chi connectivity index (χ0v) is 15.5. The van der Waals surface area contributed by atoms with E-state index in [2.05, 4.69) is 9.97 Å². The van der Waals surface area contributed by atoms with Gasteiger partial charge in [0.2, 0.25) is 5.56 Å². The summed E-state index contributed by atoms with van der Waals surface area (Å²) in [5.74, 6) is 0.391. The van der Waals surface area contributed by atoms with Gasteiger partial charge in [0.15, 0.2) is 5.03 Å². The van der Waals surface area contributed by atoms with Crippen LogP contribution in [0.2, 0.25) is 0 Å². The summed E-state index contributed by atoms with van der Waals surface area (Å²) in [5.41, 5.74) is 0.0987. The molecule has 0 saturated carbocycles. The molecule has 3 heterocycles. The van der Waals surface area contributed by atoms with Crippen molar-refractivity contribution < 1.29 is 13.2 Å². The molecular formula is C16H21N5O4S. The molecule has 1 N–H and O–H groups in total. The summed E-state index contributed by atoms with van der Waals surface area (Å²) in [7, 11) is -1.95. The van der Waals surface area contributed by atoms with E-state index in [-0.39, 0.29) is 29.6 Å². The number of H-pyrrole nitrogens is 1. The van der Waals surface area contributed by atoms with Gasteiger partial charge >= 0.3 is 0 Å². The molecule has 0 bridgehead atoms. The minimum atomic E-state index is -3.69. The van der Waals surface area contributed by atoms with Crippen LogP contribution in [0.3, 0.4) is 0 Å². The first-order valence-corrected chi connectivity index (χ1v) is 9.71.